The number of ether oxygens (including phenoxy) is 1. The smallest absolute Gasteiger partial charge is 0.360 e. The van der Waals surface area contributed by atoms with Crippen molar-refractivity contribution in [1.29, 1.82) is 0 Å². The van der Waals surface area contributed by atoms with Gasteiger partial charge in [0.05, 0.1) is 0 Å². The van der Waals surface area contributed by atoms with Crippen molar-refractivity contribution in [2.24, 2.45) is 5.92 Å². The number of hydrogen-bond acceptors (Lipinski definition) is 6. The van der Waals surface area contributed by atoms with Crippen LogP contribution in [0, 0.1) is 12.8 Å². The van der Waals surface area contributed by atoms with E-state index in [4.69, 9.17) is 9.15 Å². The molecule has 0 unspecified atom stereocenters. The van der Waals surface area contributed by atoms with Gasteiger partial charge in [0.15, 0.2) is 5.69 Å². The molecule has 0 saturated heterocycles. The van der Waals surface area contributed by atoms with Gasteiger partial charge in [0.2, 0.25) is 11.8 Å². The number of hydrogen-bond donors (Lipinski definition) is 3. The summed E-state index contributed by atoms with van der Waals surface area (Å²) in [5, 5.41) is 6.97. The Morgan fingerprint density at radius 3 is 2.40 bits per heavy atom. The number of esters is 1. The molecule has 3 N–H and O–H groups in total. The first-order valence-electron chi connectivity index (χ1n) is 14.8. The van der Waals surface area contributed by atoms with Crippen LogP contribution >= 0.6 is 0 Å². The standard InChI is InChI=1S/C33H41N5O5/c1-6-38(7-2)33(41)36-27(17-21(3)4)30(39)35-28(18-24-19-34-26-16-12-11-15-25(24)26)31-37-29(22(5)43-31)32(40)42-20-23-13-9-8-10-14-23/h8-16,19,21,27-28,34H,6-7,17-18,20H2,1-5H3,(H,35,39)(H,36,41)/t27-,28+/m0/s1. The third kappa shape index (κ3) is 8.03. The van der Waals surface area contributed by atoms with Gasteiger partial charge in [0, 0.05) is 36.6 Å². The summed E-state index contributed by atoms with van der Waals surface area (Å²) in [6, 6.07) is 15.5. The molecule has 4 aromatic rings. The number of para-hydroxylation sites is 1. The highest BCUT2D eigenvalue weighted by molar-refractivity contribution is 5.89. The molecule has 0 aliphatic carbocycles. The summed E-state index contributed by atoms with van der Waals surface area (Å²) < 4.78 is 11.5. The number of aromatic nitrogens is 2. The Balaban J connectivity index is 1.61. The molecule has 0 bridgehead atoms. The zero-order valence-corrected chi connectivity index (χ0v) is 25.5. The number of benzene rings is 2. The molecule has 10 nitrogen and oxygen atoms in total. The molecule has 0 spiro atoms. The summed E-state index contributed by atoms with van der Waals surface area (Å²) in [7, 11) is 0. The van der Waals surface area contributed by atoms with Crippen LogP contribution in [0.4, 0.5) is 4.79 Å². The number of nitrogens with one attached hydrogen (secondary N) is 3. The maximum absolute atomic E-state index is 13.8. The van der Waals surface area contributed by atoms with E-state index in [-0.39, 0.29) is 36.0 Å². The van der Waals surface area contributed by atoms with Crippen LogP contribution in [0.3, 0.4) is 0 Å². The third-order valence-corrected chi connectivity index (χ3v) is 7.30. The first kappa shape index (κ1) is 31.3. The van der Waals surface area contributed by atoms with Gasteiger partial charge in [-0.3, -0.25) is 4.79 Å². The van der Waals surface area contributed by atoms with Crippen LogP contribution in [-0.2, 0) is 22.6 Å². The number of oxazole rings is 1. The Labute approximate surface area is 252 Å². The van der Waals surface area contributed by atoms with Crippen LogP contribution in [0.2, 0.25) is 0 Å². The molecule has 228 valence electrons. The number of aromatic amines is 1. The van der Waals surface area contributed by atoms with Gasteiger partial charge in [0.1, 0.15) is 24.5 Å². The molecule has 4 rings (SSSR count). The Morgan fingerprint density at radius 1 is 1.00 bits per heavy atom. The van der Waals surface area contributed by atoms with Crippen molar-refractivity contribution in [3.05, 3.63) is 89.3 Å². The topological polar surface area (TPSA) is 130 Å². The van der Waals surface area contributed by atoms with E-state index >= 15 is 0 Å². The van der Waals surface area contributed by atoms with Crippen LogP contribution in [0.5, 0.6) is 0 Å². The van der Waals surface area contributed by atoms with E-state index in [0.29, 0.717) is 31.7 Å². The monoisotopic (exact) mass is 587 g/mol. The second-order valence-corrected chi connectivity index (χ2v) is 10.9. The first-order chi connectivity index (χ1) is 20.7. The van der Waals surface area contributed by atoms with E-state index < -0.39 is 18.1 Å². The van der Waals surface area contributed by atoms with Gasteiger partial charge in [-0.05, 0) is 50.3 Å². The second-order valence-electron chi connectivity index (χ2n) is 10.9. The fourth-order valence-electron chi connectivity index (χ4n) is 4.99. The number of carbonyl (C=O) groups excluding carboxylic acids is 3. The summed E-state index contributed by atoms with van der Waals surface area (Å²) >= 11 is 0. The number of amides is 3. The third-order valence-electron chi connectivity index (χ3n) is 7.30. The normalized spacial score (nSPS) is 12.6. The van der Waals surface area contributed by atoms with E-state index in [0.717, 1.165) is 22.0 Å². The van der Waals surface area contributed by atoms with Crippen LogP contribution in [0.1, 0.15) is 73.4 Å². The number of H-pyrrole nitrogens is 1. The van der Waals surface area contributed by atoms with Gasteiger partial charge in [-0.1, -0.05) is 62.4 Å². The Kier molecular flexibility index (Phi) is 10.6. The van der Waals surface area contributed by atoms with E-state index in [1.165, 1.54) is 0 Å². The maximum atomic E-state index is 13.8. The zero-order valence-electron chi connectivity index (χ0n) is 25.5. The van der Waals surface area contributed by atoms with Gasteiger partial charge in [-0.25, -0.2) is 14.6 Å². The fraction of sp³-hybridized carbons (Fsp3) is 0.394. The molecule has 43 heavy (non-hydrogen) atoms. The van der Waals surface area contributed by atoms with Gasteiger partial charge < -0.3 is 29.7 Å². The number of urea groups is 1. The Bertz CT molecular complexity index is 1520. The maximum Gasteiger partial charge on any atom is 0.360 e. The lowest BCUT2D eigenvalue weighted by molar-refractivity contribution is -0.124. The van der Waals surface area contributed by atoms with E-state index in [1.54, 1.807) is 11.8 Å². The summed E-state index contributed by atoms with van der Waals surface area (Å²) in [5.74, 6) is -0.350. The molecule has 0 saturated carbocycles. The molecule has 2 heterocycles. The first-order valence-corrected chi connectivity index (χ1v) is 14.8. The van der Waals surface area contributed by atoms with Gasteiger partial charge in [-0.15, -0.1) is 0 Å². The molecule has 0 fully saturated rings. The number of nitrogens with zero attached hydrogens (tertiary/aromatic N) is 2. The molecular formula is C33H41N5O5. The quantitative estimate of drug-likeness (QED) is 0.172. The average molecular weight is 588 g/mol. The van der Waals surface area contributed by atoms with Crippen molar-refractivity contribution in [3.63, 3.8) is 0 Å². The van der Waals surface area contributed by atoms with Crippen molar-refractivity contribution in [2.45, 2.75) is 66.2 Å². The predicted octanol–water partition coefficient (Wildman–Crippen LogP) is 5.69. The predicted molar refractivity (Wildman–Crippen MR) is 164 cm³/mol. The van der Waals surface area contributed by atoms with E-state index in [9.17, 15) is 14.4 Å². The molecule has 0 aliphatic rings. The largest absolute Gasteiger partial charge is 0.456 e. The minimum Gasteiger partial charge on any atom is -0.456 e. The second kappa shape index (κ2) is 14.5. The molecule has 0 aliphatic heterocycles. The van der Waals surface area contributed by atoms with E-state index in [2.05, 4.69) is 20.6 Å². The van der Waals surface area contributed by atoms with Crippen molar-refractivity contribution < 1.29 is 23.5 Å². The molecular weight excluding hydrogens is 546 g/mol. The van der Waals surface area contributed by atoms with Gasteiger partial charge in [0.25, 0.3) is 0 Å². The lowest BCUT2D eigenvalue weighted by Crippen LogP contribution is -2.52. The molecule has 2 aromatic carbocycles. The van der Waals surface area contributed by atoms with Crippen molar-refractivity contribution in [2.75, 3.05) is 13.1 Å². The Hall–Kier alpha value is -4.60. The van der Waals surface area contributed by atoms with Crippen molar-refractivity contribution in [1.82, 2.24) is 25.5 Å². The lowest BCUT2D eigenvalue weighted by Gasteiger charge is -2.26. The van der Waals surface area contributed by atoms with Crippen molar-refractivity contribution in [3.8, 4) is 0 Å². The minimum absolute atomic E-state index is 0.0534. The number of fused-ring (bicyclic) bond motifs is 1. The lowest BCUT2D eigenvalue weighted by atomic mass is 10.0. The number of rotatable bonds is 13. The number of aryl methyl sites for hydroxylation is 1. The molecule has 2 aromatic heterocycles. The van der Waals surface area contributed by atoms with Crippen molar-refractivity contribution >= 4 is 28.8 Å². The van der Waals surface area contributed by atoms with Crippen LogP contribution in [0.25, 0.3) is 10.9 Å². The van der Waals surface area contributed by atoms with Crippen LogP contribution < -0.4 is 10.6 Å². The highest BCUT2D eigenvalue weighted by Gasteiger charge is 2.30. The molecule has 10 heteroatoms. The van der Waals surface area contributed by atoms with Crippen LogP contribution in [-0.4, -0.2) is 51.9 Å². The van der Waals surface area contributed by atoms with Gasteiger partial charge >= 0.3 is 12.0 Å². The Morgan fingerprint density at radius 2 is 1.70 bits per heavy atom. The zero-order chi connectivity index (χ0) is 30.9. The molecule has 0 radical (unpaired) electrons. The summed E-state index contributed by atoms with van der Waals surface area (Å²) in [6.45, 7) is 10.6. The number of carbonyl (C=O) groups is 3. The molecule has 2 atom stereocenters. The summed E-state index contributed by atoms with van der Waals surface area (Å²) in [6.07, 6.45) is 2.68. The summed E-state index contributed by atoms with van der Waals surface area (Å²) in [5.41, 5.74) is 2.81. The highest BCUT2D eigenvalue weighted by Crippen LogP contribution is 2.26. The SMILES string of the molecule is CCN(CC)C(=O)N[C@@H](CC(C)C)C(=O)N[C@H](Cc1c[nH]c2ccccc12)c1nc(C(=O)OCc2ccccc2)c(C)o1. The van der Waals surface area contributed by atoms with E-state index in [1.807, 2.05) is 88.5 Å². The average Bonchev–Trinajstić information content (AvgIpc) is 3.59. The van der Waals surface area contributed by atoms with Crippen LogP contribution in [0.15, 0.2) is 65.2 Å². The summed E-state index contributed by atoms with van der Waals surface area (Å²) in [4.78, 5) is 49.0. The molecule has 3 amide bonds. The minimum atomic E-state index is -0.773. The fourth-order valence-corrected chi connectivity index (χ4v) is 4.99. The van der Waals surface area contributed by atoms with Gasteiger partial charge in [-0.2, -0.15) is 0 Å². The highest BCUT2D eigenvalue weighted by atomic mass is 16.5.